The van der Waals surface area contributed by atoms with E-state index in [0.717, 1.165) is 11.1 Å². The Hall–Kier alpha value is -3.10. The molecule has 160 valence electrons. The Morgan fingerprint density at radius 1 is 1.03 bits per heavy atom. The number of nitrogens with one attached hydrogen (secondary N) is 1. The predicted molar refractivity (Wildman–Crippen MR) is 119 cm³/mol. The van der Waals surface area contributed by atoms with Gasteiger partial charge in [-0.1, -0.05) is 26.0 Å². The Morgan fingerprint density at radius 2 is 1.74 bits per heavy atom. The number of benzene rings is 2. The molecule has 0 aliphatic rings. The molecule has 0 bridgehead atoms. The van der Waals surface area contributed by atoms with Crippen molar-refractivity contribution in [1.29, 1.82) is 0 Å². The molecule has 0 radical (unpaired) electrons. The summed E-state index contributed by atoms with van der Waals surface area (Å²) >= 11 is 0. The molecule has 2 aromatic heterocycles. The van der Waals surface area contributed by atoms with Gasteiger partial charge in [0.2, 0.25) is 10.0 Å². The van der Waals surface area contributed by atoms with E-state index in [2.05, 4.69) is 28.5 Å². The minimum Gasteiger partial charge on any atom is -0.307 e. The lowest BCUT2D eigenvalue weighted by molar-refractivity contribution is 0.574. The largest absolute Gasteiger partial charge is 0.307 e. The lowest BCUT2D eigenvalue weighted by Crippen LogP contribution is -2.27. The summed E-state index contributed by atoms with van der Waals surface area (Å²) in [6.07, 6.45) is 1.66. The van der Waals surface area contributed by atoms with Crippen LogP contribution in [-0.2, 0) is 16.6 Å². The van der Waals surface area contributed by atoms with Crippen molar-refractivity contribution < 1.29 is 12.8 Å². The molecule has 0 atom stereocenters. The fourth-order valence-electron chi connectivity index (χ4n) is 3.40. The molecule has 0 spiro atoms. The average molecular weight is 439 g/mol. The molecule has 2 heterocycles. The van der Waals surface area contributed by atoms with Gasteiger partial charge in [-0.3, -0.25) is 0 Å². The Kier molecular flexibility index (Phi) is 5.84. The van der Waals surface area contributed by atoms with E-state index in [1.165, 1.54) is 12.1 Å². The lowest BCUT2D eigenvalue weighted by atomic mass is 10.0. The first-order valence-electron chi connectivity index (χ1n) is 10.0. The SMILES string of the molecule is CC(C)c1ccc(S(=O)(=O)NCCn2c(-c3ccc(F)cc3)nc3cccnc32)cc1. The maximum atomic E-state index is 13.4. The zero-order chi connectivity index (χ0) is 22.0. The highest BCUT2D eigenvalue weighted by Crippen LogP contribution is 2.24. The summed E-state index contributed by atoms with van der Waals surface area (Å²) in [4.78, 5) is 9.23. The van der Waals surface area contributed by atoms with Gasteiger partial charge in [0.15, 0.2) is 5.65 Å². The van der Waals surface area contributed by atoms with Crippen molar-refractivity contribution in [3.8, 4) is 11.4 Å². The highest BCUT2D eigenvalue weighted by molar-refractivity contribution is 7.89. The number of sulfonamides is 1. The van der Waals surface area contributed by atoms with Gasteiger partial charge in [-0.05, 0) is 60.0 Å². The van der Waals surface area contributed by atoms with Crippen LogP contribution in [0.15, 0.2) is 71.8 Å². The van der Waals surface area contributed by atoms with E-state index < -0.39 is 10.0 Å². The Morgan fingerprint density at radius 3 is 2.42 bits per heavy atom. The normalized spacial score (nSPS) is 12.0. The number of hydrogen-bond acceptors (Lipinski definition) is 4. The smallest absolute Gasteiger partial charge is 0.240 e. The zero-order valence-corrected chi connectivity index (χ0v) is 18.1. The van der Waals surface area contributed by atoms with Crippen LogP contribution < -0.4 is 4.72 Å². The summed E-state index contributed by atoms with van der Waals surface area (Å²) in [7, 11) is -3.65. The van der Waals surface area contributed by atoms with Gasteiger partial charge < -0.3 is 4.57 Å². The van der Waals surface area contributed by atoms with Crippen LogP contribution in [0.2, 0.25) is 0 Å². The highest BCUT2D eigenvalue weighted by atomic mass is 32.2. The van der Waals surface area contributed by atoms with E-state index in [-0.39, 0.29) is 17.3 Å². The van der Waals surface area contributed by atoms with Crippen LogP contribution in [0, 0.1) is 5.82 Å². The van der Waals surface area contributed by atoms with E-state index in [9.17, 15) is 12.8 Å². The molecule has 0 aliphatic heterocycles. The molecule has 0 amide bonds. The van der Waals surface area contributed by atoms with Gasteiger partial charge in [-0.2, -0.15) is 0 Å². The fraction of sp³-hybridized carbons (Fsp3) is 0.217. The van der Waals surface area contributed by atoms with E-state index in [1.54, 1.807) is 36.5 Å². The Balaban J connectivity index is 1.57. The first-order valence-corrected chi connectivity index (χ1v) is 11.5. The fourth-order valence-corrected chi connectivity index (χ4v) is 4.42. The average Bonchev–Trinajstić information content (AvgIpc) is 3.13. The maximum Gasteiger partial charge on any atom is 0.240 e. The van der Waals surface area contributed by atoms with Crippen LogP contribution in [0.25, 0.3) is 22.6 Å². The molecule has 6 nitrogen and oxygen atoms in total. The van der Waals surface area contributed by atoms with Crippen molar-refractivity contribution >= 4 is 21.2 Å². The molecular weight excluding hydrogens is 415 g/mol. The number of halogens is 1. The molecule has 0 unspecified atom stereocenters. The Bertz CT molecular complexity index is 1300. The molecule has 0 fully saturated rings. The molecule has 2 aromatic carbocycles. The van der Waals surface area contributed by atoms with E-state index >= 15 is 0 Å². The monoisotopic (exact) mass is 438 g/mol. The summed E-state index contributed by atoms with van der Waals surface area (Å²) in [5.41, 5.74) is 3.14. The molecule has 0 saturated carbocycles. The third kappa shape index (κ3) is 4.50. The molecule has 4 rings (SSSR count). The van der Waals surface area contributed by atoms with E-state index in [4.69, 9.17) is 0 Å². The van der Waals surface area contributed by atoms with Crippen LogP contribution in [0.3, 0.4) is 0 Å². The minimum absolute atomic E-state index is 0.157. The molecule has 0 saturated heterocycles. The highest BCUT2D eigenvalue weighted by Gasteiger charge is 2.17. The first kappa shape index (κ1) is 21.1. The number of hydrogen-bond donors (Lipinski definition) is 1. The van der Waals surface area contributed by atoms with Crippen LogP contribution in [0.5, 0.6) is 0 Å². The second kappa shape index (κ2) is 8.56. The van der Waals surface area contributed by atoms with Gasteiger partial charge in [0, 0.05) is 24.8 Å². The quantitative estimate of drug-likeness (QED) is 0.466. The van der Waals surface area contributed by atoms with Crippen LogP contribution >= 0.6 is 0 Å². The standard InChI is InChI=1S/C23H23FN4O2S/c1-16(2)17-7-11-20(12-8-17)31(29,30)26-14-15-28-22(18-5-9-19(24)10-6-18)27-21-4-3-13-25-23(21)28/h3-13,16,26H,14-15H2,1-2H3. The third-order valence-electron chi connectivity index (χ3n) is 5.09. The van der Waals surface area contributed by atoms with Crippen molar-refractivity contribution in [2.24, 2.45) is 0 Å². The third-order valence-corrected chi connectivity index (χ3v) is 6.57. The van der Waals surface area contributed by atoms with Gasteiger partial charge in [-0.15, -0.1) is 0 Å². The number of nitrogens with zero attached hydrogens (tertiary/aromatic N) is 3. The van der Waals surface area contributed by atoms with E-state index in [0.29, 0.717) is 29.5 Å². The van der Waals surface area contributed by atoms with Crippen LogP contribution in [0.4, 0.5) is 4.39 Å². The van der Waals surface area contributed by atoms with Crippen LogP contribution in [0.1, 0.15) is 25.3 Å². The van der Waals surface area contributed by atoms with Gasteiger partial charge in [0.25, 0.3) is 0 Å². The topological polar surface area (TPSA) is 76.9 Å². The molecule has 31 heavy (non-hydrogen) atoms. The van der Waals surface area contributed by atoms with Crippen molar-refractivity contribution in [1.82, 2.24) is 19.3 Å². The summed E-state index contributed by atoms with van der Waals surface area (Å²) in [5.74, 6) is 0.603. The molecule has 0 aliphatic carbocycles. The number of pyridine rings is 1. The van der Waals surface area contributed by atoms with Crippen molar-refractivity contribution in [3.63, 3.8) is 0 Å². The van der Waals surface area contributed by atoms with Gasteiger partial charge in [-0.25, -0.2) is 27.5 Å². The van der Waals surface area contributed by atoms with Crippen molar-refractivity contribution in [3.05, 3.63) is 78.2 Å². The number of rotatable bonds is 7. The Labute approximate surface area is 180 Å². The van der Waals surface area contributed by atoms with Gasteiger partial charge >= 0.3 is 0 Å². The van der Waals surface area contributed by atoms with E-state index in [1.807, 2.05) is 22.8 Å². The maximum absolute atomic E-state index is 13.4. The molecule has 8 heteroatoms. The summed E-state index contributed by atoms with van der Waals surface area (Å²) in [6.45, 7) is 4.60. The van der Waals surface area contributed by atoms with Crippen molar-refractivity contribution in [2.75, 3.05) is 6.54 Å². The predicted octanol–water partition coefficient (Wildman–Crippen LogP) is 4.34. The lowest BCUT2D eigenvalue weighted by Gasteiger charge is -2.11. The number of fused-ring (bicyclic) bond motifs is 1. The molecular formula is C23H23FN4O2S. The minimum atomic E-state index is -3.65. The summed E-state index contributed by atoms with van der Waals surface area (Å²) < 4.78 is 43.3. The second-order valence-electron chi connectivity index (χ2n) is 7.56. The summed E-state index contributed by atoms with van der Waals surface area (Å²) in [6, 6.07) is 16.6. The second-order valence-corrected chi connectivity index (χ2v) is 9.33. The number of imidazole rings is 1. The van der Waals surface area contributed by atoms with Crippen LogP contribution in [-0.4, -0.2) is 29.5 Å². The molecule has 1 N–H and O–H groups in total. The van der Waals surface area contributed by atoms with Crippen molar-refractivity contribution in [2.45, 2.75) is 31.2 Å². The zero-order valence-electron chi connectivity index (χ0n) is 17.3. The van der Waals surface area contributed by atoms with Gasteiger partial charge in [0.05, 0.1) is 4.90 Å². The first-order chi connectivity index (χ1) is 14.8. The molecule has 4 aromatic rings. The summed E-state index contributed by atoms with van der Waals surface area (Å²) in [5, 5.41) is 0. The van der Waals surface area contributed by atoms with Gasteiger partial charge in [0.1, 0.15) is 17.2 Å². The number of aromatic nitrogens is 3.